The van der Waals surface area contributed by atoms with Crippen LogP contribution < -0.4 is 5.32 Å². The zero-order valence-electron chi connectivity index (χ0n) is 16.8. The molecule has 0 aliphatic carbocycles. The fraction of sp³-hybridized carbons (Fsp3) is 0.160. The molecule has 1 atom stereocenters. The number of aliphatic carboxylic acids is 1. The van der Waals surface area contributed by atoms with Crippen molar-refractivity contribution in [2.24, 2.45) is 0 Å². The van der Waals surface area contributed by atoms with Crippen LogP contribution in [0.2, 0.25) is 0 Å². The first kappa shape index (κ1) is 19.6. The maximum absolute atomic E-state index is 13.3. The van der Waals surface area contributed by atoms with E-state index in [2.05, 4.69) is 10.3 Å². The standard InChI is InChI=1S/C25H22N2O3/c1-15-11-12-17(13-16(15)2)14-22(25(29)30)27-24(28)23-18-7-3-5-9-20(18)26-21-10-6-4-8-19(21)23/h3-13,22H,14H2,1-2H3,(H,27,28)(H,29,30)/t22-/m0/s1. The van der Waals surface area contributed by atoms with Crippen molar-refractivity contribution in [3.63, 3.8) is 0 Å². The molecule has 0 spiro atoms. The molecule has 0 saturated heterocycles. The van der Waals surface area contributed by atoms with Crippen LogP contribution in [0.25, 0.3) is 21.8 Å². The van der Waals surface area contributed by atoms with E-state index in [4.69, 9.17) is 0 Å². The second kappa shape index (κ2) is 7.95. The number of carboxylic acids is 1. The molecule has 0 bridgehead atoms. The molecular weight excluding hydrogens is 376 g/mol. The zero-order chi connectivity index (χ0) is 21.3. The first-order chi connectivity index (χ1) is 14.4. The molecule has 4 rings (SSSR count). The summed E-state index contributed by atoms with van der Waals surface area (Å²) < 4.78 is 0. The van der Waals surface area contributed by atoms with Crippen molar-refractivity contribution in [2.45, 2.75) is 26.3 Å². The summed E-state index contributed by atoms with van der Waals surface area (Å²) in [6, 6.07) is 19.6. The smallest absolute Gasteiger partial charge is 0.326 e. The molecule has 5 nitrogen and oxygen atoms in total. The van der Waals surface area contributed by atoms with E-state index in [-0.39, 0.29) is 6.42 Å². The van der Waals surface area contributed by atoms with E-state index in [1.807, 2.05) is 80.6 Å². The molecule has 150 valence electrons. The Kier molecular flexibility index (Phi) is 5.19. The minimum absolute atomic E-state index is 0.211. The van der Waals surface area contributed by atoms with Crippen LogP contribution in [0.1, 0.15) is 27.0 Å². The van der Waals surface area contributed by atoms with Gasteiger partial charge >= 0.3 is 5.97 Å². The quantitative estimate of drug-likeness (QED) is 0.488. The van der Waals surface area contributed by atoms with Crippen LogP contribution in [-0.4, -0.2) is 28.0 Å². The van der Waals surface area contributed by atoms with Crippen LogP contribution in [-0.2, 0) is 11.2 Å². The highest BCUT2D eigenvalue weighted by atomic mass is 16.4. The molecule has 0 aliphatic heterocycles. The van der Waals surface area contributed by atoms with Crippen molar-refractivity contribution in [2.75, 3.05) is 0 Å². The Bertz CT molecular complexity index is 1230. The number of carbonyl (C=O) groups is 2. The third-order valence-corrected chi connectivity index (χ3v) is 5.43. The molecule has 2 N–H and O–H groups in total. The second-order valence-electron chi connectivity index (χ2n) is 7.51. The predicted molar refractivity (Wildman–Crippen MR) is 118 cm³/mol. The van der Waals surface area contributed by atoms with E-state index in [1.165, 1.54) is 0 Å². The van der Waals surface area contributed by atoms with Gasteiger partial charge in [-0.2, -0.15) is 0 Å². The van der Waals surface area contributed by atoms with Gasteiger partial charge in [0.1, 0.15) is 6.04 Å². The summed E-state index contributed by atoms with van der Waals surface area (Å²) in [5.41, 5.74) is 4.95. The van der Waals surface area contributed by atoms with Crippen LogP contribution in [0.4, 0.5) is 0 Å². The largest absolute Gasteiger partial charge is 0.480 e. The number of aromatic nitrogens is 1. The highest BCUT2D eigenvalue weighted by Gasteiger charge is 2.24. The highest BCUT2D eigenvalue weighted by Crippen LogP contribution is 2.26. The van der Waals surface area contributed by atoms with Crippen molar-refractivity contribution in [3.8, 4) is 0 Å². The van der Waals surface area contributed by atoms with Gasteiger partial charge in [0.2, 0.25) is 0 Å². The highest BCUT2D eigenvalue weighted by molar-refractivity contribution is 6.16. The number of nitrogens with one attached hydrogen (secondary N) is 1. The number of pyridine rings is 1. The van der Waals surface area contributed by atoms with E-state index >= 15 is 0 Å². The Morgan fingerprint density at radius 1 is 0.900 bits per heavy atom. The number of hydrogen-bond acceptors (Lipinski definition) is 3. The summed E-state index contributed by atoms with van der Waals surface area (Å²) in [4.78, 5) is 29.8. The molecule has 0 radical (unpaired) electrons. The molecule has 5 heteroatoms. The van der Waals surface area contributed by atoms with E-state index < -0.39 is 17.9 Å². The molecule has 0 unspecified atom stereocenters. The first-order valence-electron chi connectivity index (χ1n) is 9.81. The minimum atomic E-state index is -1.07. The van der Waals surface area contributed by atoms with Gasteiger partial charge in [-0.05, 0) is 42.7 Å². The van der Waals surface area contributed by atoms with Crippen LogP contribution >= 0.6 is 0 Å². The van der Waals surface area contributed by atoms with Gasteiger partial charge in [0.05, 0.1) is 16.6 Å². The van der Waals surface area contributed by atoms with Gasteiger partial charge < -0.3 is 10.4 Å². The van der Waals surface area contributed by atoms with Crippen molar-refractivity contribution in [1.82, 2.24) is 10.3 Å². The lowest BCUT2D eigenvalue weighted by atomic mass is 9.99. The summed E-state index contributed by atoms with van der Waals surface area (Å²) in [6.07, 6.45) is 0.211. The average Bonchev–Trinajstić information content (AvgIpc) is 2.73. The topological polar surface area (TPSA) is 79.3 Å². The van der Waals surface area contributed by atoms with Crippen molar-refractivity contribution in [3.05, 3.63) is 89.0 Å². The van der Waals surface area contributed by atoms with Crippen LogP contribution in [0.5, 0.6) is 0 Å². The summed E-state index contributed by atoms with van der Waals surface area (Å²) >= 11 is 0. The fourth-order valence-electron chi connectivity index (χ4n) is 3.68. The van der Waals surface area contributed by atoms with Gasteiger partial charge in [-0.3, -0.25) is 4.79 Å². The molecule has 0 saturated carbocycles. The van der Waals surface area contributed by atoms with Gasteiger partial charge in [-0.1, -0.05) is 54.6 Å². The van der Waals surface area contributed by atoms with Gasteiger partial charge in [-0.15, -0.1) is 0 Å². The van der Waals surface area contributed by atoms with Crippen LogP contribution in [0.3, 0.4) is 0 Å². The molecule has 1 aromatic heterocycles. The molecule has 30 heavy (non-hydrogen) atoms. The third-order valence-electron chi connectivity index (χ3n) is 5.43. The summed E-state index contributed by atoms with van der Waals surface area (Å²) in [7, 11) is 0. The predicted octanol–water partition coefficient (Wildman–Crippen LogP) is 4.43. The monoisotopic (exact) mass is 398 g/mol. The Labute approximate surface area is 174 Å². The van der Waals surface area contributed by atoms with Crippen LogP contribution in [0.15, 0.2) is 66.7 Å². The summed E-state index contributed by atoms with van der Waals surface area (Å²) in [6.45, 7) is 4.00. The van der Waals surface area contributed by atoms with Gasteiger partial charge in [0, 0.05) is 17.2 Å². The number of rotatable bonds is 5. The maximum Gasteiger partial charge on any atom is 0.326 e. The lowest BCUT2D eigenvalue weighted by Crippen LogP contribution is -2.42. The number of nitrogens with zero attached hydrogens (tertiary/aromatic N) is 1. The Hall–Kier alpha value is -3.73. The fourth-order valence-corrected chi connectivity index (χ4v) is 3.68. The van der Waals surface area contributed by atoms with E-state index in [1.54, 1.807) is 0 Å². The number of carbonyl (C=O) groups excluding carboxylic acids is 1. The molecule has 4 aromatic rings. The molecule has 1 heterocycles. The minimum Gasteiger partial charge on any atom is -0.480 e. The molecule has 0 fully saturated rings. The first-order valence-corrected chi connectivity index (χ1v) is 9.81. The maximum atomic E-state index is 13.3. The number of hydrogen-bond donors (Lipinski definition) is 2. The summed E-state index contributed by atoms with van der Waals surface area (Å²) in [5, 5.41) is 13.9. The number of aryl methyl sites for hydroxylation is 2. The van der Waals surface area contributed by atoms with Crippen molar-refractivity contribution < 1.29 is 14.7 Å². The number of fused-ring (bicyclic) bond motifs is 2. The van der Waals surface area contributed by atoms with Crippen molar-refractivity contribution >= 4 is 33.7 Å². The third kappa shape index (κ3) is 3.74. The van der Waals surface area contributed by atoms with E-state index in [0.29, 0.717) is 27.4 Å². The Morgan fingerprint density at radius 2 is 1.50 bits per heavy atom. The van der Waals surface area contributed by atoms with Gasteiger partial charge in [0.15, 0.2) is 0 Å². The van der Waals surface area contributed by atoms with Gasteiger partial charge in [-0.25, -0.2) is 9.78 Å². The second-order valence-corrected chi connectivity index (χ2v) is 7.51. The van der Waals surface area contributed by atoms with E-state index in [0.717, 1.165) is 16.7 Å². The SMILES string of the molecule is Cc1ccc(C[C@H](NC(=O)c2c3ccccc3nc3ccccc23)C(=O)O)cc1C. The molecule has 3 aromatic carbocycles. The van der Waals surface area contributed by atoms with Crippen LogP contribution in [0, 0.1) is 13.8 Å². The zero-order valence-corrected chi connectivity index (χ0v) is 16.8. The van der Waals surface area contributed by atoms with E-state index in [9.17, 15) is 14.7 Å². The average molecular weight is 398 g/mol. The van der Waals surface area contributed by atoms with Gasteiger partial charge in [0.25, 0.3) is 5.91 Å². The number of benzene rings is 3. The van der Waals surface area contributed by atoms with Crippen molar-refractivity contribution in [1.29, 1.82) is 0 Å². The lowest BCUT2D eigenvalue weighted by Gasteiger charge is -2.17. The summed E-state index contributed by atoms with van der Waals surface area (Å²) in [5.74, 6) is -1.48. The normalized spacial score (nSPS) is 12.1. The number of amides is 1. The molecule has 1 amide bonds. The lowest BCUT2D eigenvalue weighted by molar-refractivity contribution is -0.139. The number of carboxylic acid groups (broad SMARTS) is 1. The Balaban J connectivity index is 1.73. The molecular formula is C25H22N2O3. The Morgan fingerprint density at radius 3 is 2.07 bits per heavy atom. The molecule has 0 aliphatic rings. The number of para-hydroxylation sites is 2.